The lowest BCUT2D eigenvalue weighted by Crippen LogP contribution is -2.53. The summed E-state index contributed by atoms with van der Waals surface area (Å²) in [5.41, 5.74) is 6.25. The predicted octanol–water partition coefficient (Wildman–Crippen LogP) is 9.16. The number of hydrogen-bond acceptors (Lipinski definition) is 8. The summed E-state index contributed by atoms with van der Waals surface area (Å²) >= 11 is 0. The van der Waals surface area contributed by atoms with E-state index in [9.17, 15) is 20.4 Å². The number of nitrogens with zero attached hydrogens (tertiary/aromatic N) is 2. The first-order valence-corrected chi connectivity index (χ1v) is 18.3. The zero-order valence-electron chi connectivity index (χ0n) is 31.3. The molecule has 1 fully saturated rings. The van der Waals surface area contributed by atoms with Gasteiger partial charge in [-0.3, -0.25) is 0 Å². The second kappa shape index (κ2) is 17.4. The van der Waals surface area contributed by atoms with Crippen LogP contribution in [0.1, 0.15) is 53.5 Å². The van der Waals surface area contributed by atoms with Gasteiger partial charge in [0.05, 0.1) is 12.2 Å². The van der Waals surface area contributed by atoms with Crippen LogP contribution in [-0.2, 0) is 29.1 Å². The summed E-state index contributed by atoms with van der Waals surface area (Å²) in [5.74, 6) is -1.56. The van der Waals surface area contributed by atoms with Crippen molar-refractivity contribution >= 4 is 11.4 Å². The number of methoxy groups -OCH3 is 2. The van der Waals surface area contributed by atoms with Gasteiger partial charge in [-0.25, -0.2) is 0 Å². The van der Waals surface area contributed by atoms with E-state index in [-0.39, 0.29) is 23.0 Å². The lowest BCUT2D eigenvalue weighted by atomic mass is 9.62. The average molecular weight is 727 g/mol. The lowest BCUT2D eigenvalue weighted by molar-refractivity contribution is -0.117. The molecule has 0 spiro atoms. The number of hydrogen-bond donors (Lipinski definition) is 4. The maximum Gasteiger partial charge on any atom is 0.125 e. The third-order valence-electron chi connectivity index (χ3n) is 10.4. The standard InChI is InChI=1S/C46H50N2O6/c1-5-16-31(6-2)27-47(28-32-17-10-7-11-18-32)35-23-37(49)41(38(50)24-35)43-45(53-3)44(46(43)54-4)42-39(51)25-36(26-40(42)52)48(29-33-19-12-8-13-20-33)30-34-21-14-9-15-22-34/h5-26,43-46,49-52H,27-30H2,1-4H3/b16-5-,31-6+. The van der Waals surface area contributed by atoms with E-state index < -0.39 is 24.0 Å². The Morgan fingerprint density at radius 2 is 0.907 bits per heavy atom. The van der Waals surface area contributed by atoms with Crippen molar-refractivity contribution in [2.45, 2.75) is 57.5 Å². The Bertz CT molecular complexity index is 1950. The number of aromatic hydroxyl groups is 4. The molecule has 0 heterocycles. The fraction of sp³-hybridized carbons (Fsp3) is 0.261. The highest BCUT2D eigenvalue weighted by Crippen LogP contribution is 2.58. The molecule has 0 saturated heterocycles. The van der Waals surface area contributed by atoms with Gasteiger partial charge in [0.15, 0.2) is 0 Å². The largest absolute Gasteiger partial charge is 0.507 e. The molecule has 54 heavy (non-hydrogen) atoms. The van der Waals surface area contributed by atoms with Gasteiger partial charge in [0.2, 0.25) is 0 Å². The topological polar surface area (TPSA) is 106 Å². The van der Waals surface area contributed by atoms with Gasteiger partial charge in [-0.05, 0) is 36.1 Å². The van der Waals surface area contributed by atoms with Crippen molar-refractivity contribution < 1.29 is 29.9 Å². The molecule has 5 aromatic carbocycles. The van der Waals surface area contributed by atoms with Crippen LogP contribution in [-0.4, -0.2) is 53.4 Å². The Balaban J connectivity index is 1.31. The molecule has 1 saturated carbocycles. The second-order valence-corrected chi connectivity index (χ2v) is 13.8. The third-order valence-corrected chi connectivity index (χ3v) is 10.4. The molecule has 0 amide bonds. The molecular formula is C46H50N2O6. The smallest absolute Gasteiger partial charge is 0.125 e. The summed E-state index contributed by atoms with van der Waals surface area (Å²) in [6, 6.07) is 36.9. The van der Waals surface area contributed by atoms with Crippen LogP contribution in [0.4, 0.5) is 11.4 Å². The molecule has 1 aliphatic carbocycles. The summed E-state index contributed by atoms with van der Waals surface area (Å²) < 4.78 is 12.0. The monoisotopic (exact) mass is 726 g/mol. The van der Waals surface area contributed by atoms with Crippen molar-refractivity contribution in [1.29, 1.82) is 0 Å². The molecular weight excluding hydrogens is 677 g/mol. The van der Waals surface area contributed by atoms with E-state index in [1.165, 1.54) is 0 Å². The number of allylic oxidation sites excluding steroid dienone is 2. The van der Waals surface area contributed by atoms with Crippen LogP contribution in [0, 0.1) is 0 Å². The van der Waals surface area contributed by atoms with Gasteiger partial charge >= 0.3 is 0 Å². The van der Waals surface area contributed by atoms with E-state index in [1.807, 2.05) is 74.5 Å². The van der Waals surface area contributed by atoms with Gasteiger partial charge in [-0.2, -0.15) is 0 Å². The van der Waals surface area contributed by atoms with Crippen LogP contribution < -0.4 is 9.80 Å². The normalized spacial score (nSPS) is 18.4. The van der Waals surface area contributed by atoms with Crippen LogP contribution in [0.15, 0.2) is 139 Å². The van der Waals surface area contributed by atoms with Crippen LogP contribution >= 0.6 is 0 Å². The van der Waals surface area contributed by atoms with Crippen LogP contribution in [0.5, 0.6) is 23.0 Å². The molecule has 0 bridgehead atoms. The first-order chi connectivity index (χ1) is 26.3. The highest BCUT2D eigenvalue weighted by molar-refractivity contribution is 5.65. The number of anilines is 2. The highest BCUT2D eigenvalue weighted by atomic mass is 16.5. The fourth-order valence-electron chi connectivity index (χ4n) is 7.75. The van der Waals surface area contributed by atoms with E-state index in [0.717, 1.165) is 22.3 Å². The first-order valence-electron chi connectivity index (χ1n) is 18.3. The van der Waals surface area contributed by atoms with Crippen molar-refractivity contribution in [3.05, 3.63) is 167 Å². The van der Waals surface area contributed by atoms with E-state index >= 15 is 0 Å². The molecule has 1 aliphatic rings. The zero-order chi connectivity index (χ0) is 38.2. The summed E-state index contributed by atoms with van der Waals surface area (Å²) in [6.45, 7) is 6.20. The van der Waals surface area contributed by atoms with Gasteiger partial charge < -0.3 is 39.7 Å². The summed E-state index contributed by atoms with van der Waals surface area (Å²) in [6.07, 6.45) is 4.80. The van der Waals surface area contributed by atoms with Gasteiger partial charge in [-0.15, -0.1) is 0 Å². The van der Waals surface area contributed by atoms with Crippen LogP contribution in [0.2, 0.25) is 0 Å². The minimum atomic E-state index is -0.644. The zero-order valence-corrected chi connectivity index (χ0v) is 31.3. The molecule has 0 aromatic heterocycles. The number of rotatable bonds is 15. The molecule has 0 radical (unpaired) electrons. The van der Waals surface area contributed by atoms with Gasteiger partial charge in [0.1, 0.15) is 23.0 Å². The predicted molar refractivity (Wildman–Crippen MR) is 215 cm³/mol. The third kappa shape index (κ3) is 8.25. The molecule has 280 valence electrons. The Labute approximate surface area is 318 Å². The molecule has 8 nitrogen and oxygen atoms in total. The van der Waals surface area contributed by atoms with Crippen molar-refractivity contribution in [2.24, 2.45) is 0 Å². The van der Waals surface area contributed by atoms with E-state index in [4.69, 9.17) is 9.47 Å². The van der Waals surface area contributed by atoms with Crippen molar-refractivity contribution in [2.75, 3.05) is 30.6 Å². The number of phenolic OH excluding ortho intramolecular Hbond substituents is 4. The molecule has 0 aliphatic heterocycles. The fourth-order valence-corrected chi connectivity index (χ4v) is 7.75. The van der Waals surface area contributed by atoms with Gasteiger partial charge in [0.25, 0.3) is 0 Å². The average Bonchev–Trinajstić information content (AvgIpc) is 3.17. The molecule has 2 unspecified atom stereocenters. The van der Waals surface area contributed by atoms with Gasteiger partial charge in [-0.1, -0.05) is 109 Å². The summed E-state index contributed by atoms with van der Waals surface area (Å²) in [4.78, 5) is 4.21. The lowest BCUT2D eigenvalue weighted by Gasteiger charge is -2.51. The Morgan fingerprint density at radius 3 is 1.24 bits per heavy atom. The SMILES string of the molecule is C/C=C\C(=C/C)CN(Cc1ccccc1)c1cc(O)c(C2C(OC)C(c3c(O)cc(N(Cc4ccccc4)Cc4ccccc4)cc3O)C2OC)c(O)c1. The Kier molecular flexibility index (Phi) is 12.3. The molecule has 8 heteroatoms. The van der Waals surface area contributed by atoms with Crippen molar-refractivity contribution in [3.8, 4) is 23.0 Å². The molecule has 2 atom stereocenters. The first kappa shape index (κ1) is 38.0. The van der Waals surface area contributed by atoms with E-state index in [1.54, 1.807) is 38.5 Å². The highest BCUT2D eigenvalue weighted by Gasteiger charge is 2.56. The van der Waals surface area contributed by atoms with E-state index in [2.05, 4.69) is 58.4 Å². The second-order valence-electron chi connectivity index (χ2n) is 13.8. The van der Waals surface area contributed by atoms with Gasteiger partial charge in [0, 0.05) is 99.0 Å². The van der Waals surface area contributed by atoms with Crippen molar-refractivity contribution in [3.63, 3.8) is 0 Å². The van der Waals surface area contributed by atoms with Crippen LogP contribution in [0.25, 0.3) is 0 Å². The quantitative estimate of drug-likeness (QED) is 0.0792. The minimum Gasteiger partial charge on any atom is -0.507 e. The molecule has 6 rings (SSSR count). The van der Waals surface area contributed by atoms with Crippen molar-refractivity contribution in [1.82, 2.24) is 0 Å². The summed E-state index contributed by atoms with van der Waals surface area (Å²) in [5, 5.41) is 46.5. The Hall–Kier alpha value is -5.70. The number of phenols is 4. The van der Waals surface area contributed by atoms with E-state index in [0.29, 0.717) is 48.7 Å². The number of benzene rings is 5. The maximum absolute atomic E-state index is 11.6. The minimum absolute atomic E-state index is 0.0927. The summed E-state index contributed by atoms with van der Waals surface area (Å²) in [7, 11) is 3.09. The Morgan fingerprint density at radius 1 is 0.556 bits per heavy atom. The molecule has 5 aromatic rings. The molecule has 4 N–H and O–H groups in total. The maximum atomic E-state index is 11.6. The van der Waals surface area contributed by atoms with Crippen LogP contribution in [0.3, 0.4) is 0 Å². The number of ether oxygens (including phenoxy) is 2.